The first-order valence-corrected chi connectivity index (χ1v) is 15.6. The van der Waals surface area contributed by atoms with Crippen LogP contribution in [0.4, 0.5) is 5.69 Å². The number of hydrogen-bond acceptors (Lipinski definition) is 5. The smallest absolute Gasteiger partial charge is 0.244 e. The highest BCUT2D eigenvalue weighted by Crippen LogP contribution is 2.30. The number of anilines is 1. The lowest BCUT2D eigenvalue weighted by molar-refractivity contribution is -0.140. The number of amides is 2. The van der Waals surface area contributed by atoms with Gasteiger partial charge in [0.2, 0.25) is 21.8 Å². The molecule has 1 atom stereocenters. The normalized spacial score (nSPS) is 12.1. The quantitative estimate of drug-likeness (QED) is 0.303. The molecule has 0 saturated heterocycles. The van der Waals surface area contributed by atoms with Crippen molar-refractivity contribution in [1.29, 1.82) is 0 Å². The van der Waals surface area contributed by atoms with Gasteiger partial charge in [-0.2, -0.15) is 0 Å². The first-order valence-electron chi connectivity index (χ1n) is 13.4. The Morgan fingerprint density at radius 3 is 2.24 bits per heavy atom. The third-order valence-corrected chi connectivity index (χ3v) is 7.93. The lowest BCUT2D eigenvalue weighted by Crippen LogP contribution is -2.53. The fraction of sp³-hybridized carbons (Fsp3) is 0.355. The number of halogens is 1. The summed E-state index contributed by atoms with van der Waals surface area (Å²) in [7, 11) is -2.45. The lowest BCUT2D eigenvalue weighted by atomic mass is 10.0. The van der Waals surface area contributed by atoms with E-state index in [0.717, 1.165) is 27.3 Å². The fourth-order valence-electron chi connectivity index (χ4n) is 4.41. The number of sulfonamides is 1. The standard InChI is InChI=1S/C31H38ClN3O5S/c1-22(2)19-33-31(37)28(17-24-11-7-6-8-12-24)34(20-25-13-9-10-23(3)16-25)30(36)21-35(41(5,38)39)26-14-15-29(40-4)27(32)18-26/h6-16,18,22,28H,17,19-21H2,1-5H3,(H,33,37)/t28-/m1/s1. The number of hydrogen-bond donors (Lipinski definition) is 1. The molecule has 3 aromatic carbocycles. The maximum absolute atomic E-state index is 14.1. The Bertz CT molecular complexity index is 1450. The van der Waals surface area contributed by atoms with E-state index in [1.54, 1.807) is 6.07 Å². The molecule has 0 radical (unpaired) electrons. The summed E-state index contributed by atoms with van der Waals surface area (Å²) in [6.07, 6.45) is 1.29. The maximum atomic E-state index is 14.1. The van der Waals surface area contributed by atoms with E-state index in [0.29, 0.717) is 12.3 Å². The van der Waals surface area contributed by atoms with Gasteiger partial charge in [0.1, 0.15) is 18.3 Å². The van der Waals surface area contributed by atoms with Crippen LogP contribution in [0.5, 0.6) is 5.75 Å². The Hall–Kier alpha value is -3.56. The van der Waals surface area contributed by atoms with Gasteiger partial charge in [-0.25, -0.2) is 8.42 Å². The number of carbonyl (C=O) groups excluding carboxylic acids is 2. The summed E-state index contributed by atoms with van der Waals surface area (Å²) in [5, 5.41) is 3.18. The minimum absolute atomic E-state index is 0.119. The average Bonchev–Trinajstić information content (AvgIpc) is 2.92. The fourth-order valence-corrected chi connectivity index (χ4v) is 5.50. The molecule has 41 heavy (non-hydrogen) atoms. The molecular weight excluding hydrogens is 562 g/mol. The number of benzene rings is 3. The van der Waals surface area contributed by atoms with Gasteiger partial charge in [0.25, 0.3) is 0 Å². The van der Waals surface area contributed by atoms with Crippen LogP contribution in [0.2, 0.25) is 5.02 Å². The Labute approximate surface area is 248 Å². The van der Waals surface area contributed by atoms with E-state index in [9.17, 15) is 18.0 Å². The summed E-state index contributed by atoms with van der Waals surface area (Å²) in [6.45, 7) is 5.98. The summed E-state index contributed by atoms with van der Waals surface area (Å²) in [6, 6.07) is 20.8. The Morgan fingerprint density at radius 1 is 0.976 bits per heavy atom. The predicted octanol–water partition coefficient (Wildman–Crippen LogP) is 4.84. The van der Waals surface area contributed by atoms with Crippen molar-refractivity contribution in [2.45, 2.75) is 39.8 Å². The van der Waals surface area contributed by atoms with Crippen molar-refractivity contribution in [3.05, 3.63) is 94.5 Å². The summed E-state index contributed by atoms with van der Waals surface area (Å²) in [5.41, 5.74) is 2.92. The van der Waals surface area contributed by atoms with Crippen LogP contribution in [-0.2, 0) is 32.6 Å². The molecule has 0 aliphatic heterocycles. The van der Waals surface area contributed by atoms with Crippen molar-refractivity contribution in [2.24, 2.45) is 5.92 Å². The maximum Gasteiger partial charge on any atom is 0.244 e. The van der Waals surface area contributed by atoms with E-state index in [1.165, 1.54) is 24.1 Å². The molecule has 0 heterocycles. The summed E-state index contributed by atoms with van der Waals surface area (Å²) >= 11 is 6.29. The molecule has 8 nitrogen and oxygen atoms in total. The molecule has 0 bridgehead atoms. The minimum Gasteiger partial charge on any atom is -0.495 e. The Kier molecular flexibility index (Phi) is 11.2. The largest absolute Gasteiger partial charge is 0.495 e. The Morgan fingerprint density at radius 2 is 1.66 bits per heavy atom. The highest BCUT2D eigenvalue weighted by Gasteiger charge is 2.33. The van der Waals surface area contributed by atoms with E-state index in [1.807, 2.05) is 75.4 Å². The molecule has 0 fully saturated rings. The van der Waals surface area contributed by atoms with Gasteiger partial charge in [-0.3, -0.25) is 13.9 Å². The first kappa shape index (κ1) is 32.0. The van der Waals surface area contributed by atoms with E-state index in [4.69, 9.17) is 16.3 Å². The topological polar surface area (TPSA) is 96.0 Å². The molecule has 0 spiro atoms. The monoisotopic (exact) mass is 599 g/mol. The van der Waals surface area contributed by atoms with E-state index < -0.39 is 28.5 Å². The highest BCUT2D eigenvalue weighted by atomic mass is 35.5. The number of carbonyl (C=O) groups is 2. The van der Waals surface area contributed by atoms with Crippen molar-refractivity contribution in [3.63, 3.8) is 0 Å². The molecule has 0 aliphatic rings. The molecule has 2 amide bonds. The molecule has 0 aliphatic carbocycles. The third-order valence-electron chi connectivity index (χ3n) is 6.49. The number of nitrogens with one attached hydrogen (secondary N) is 1. The van der Waals surface area contributed by atoms with Crippen LogP contribution >= 0.6 is 11.6 Å². The van der Waals surface area contributed by atoms with Crippen molar-refractivity contribution < 1.29 is 22.7 Å². The van der Waals surface area contributed by atoms with Gasteiger partial charge in [0.05, 0.1) is 24.1 Å². The molecule has 220 valence electrons. The van der Waals surface area contributed by atoms with Crippen LogP contribution in [0.1, 0.15) is 30.5 Å². The van der Waals surface area contributed by atoms with Crippen molar-refractivity contribution in [1.82, 2.24) is 10.2 Å². The van der Waals surface area contributed by atoms with Crippen molar-refractivity contribution in [2.75, 3.05) is 30.8 Å². The zero-order valence-corrected chi connectivity index (χ0v) is 25.7. The number of rotatable bonds is 13. The number of ether oxygens (including phenoxy) is 1. The zero-order valence-electron chi connectivity index (χ0n) is 24.1. The van der Waals surface area contributed by atoms with Crippen LogP contribution in [0.3, 0.4) is 0 Å². The SMILES string of the molecule is COc1ccc(N(CC(=O)N(Cc2cccc(C)c2)[C@H](Cc2ccccc2)C(=O)NCC(C)C)S(C)(=O)=O)cc1Cl. The summed E-state index contributed by atoms with van der Waals surface area (Å²) in [5.74, 6) is -0.245. The second-order valence-corrected chi connectivity index (χ2v) is 12.8. The molecule has 1 N–H and O–H groups in total. The van der Waals surface area contributed by atoms with E-state index in [2.05, 4.69) is 5.32 Å². The van der Waals surface area contributed by atoms with Gasteiger partial charge < -0.3 is 15.0 Å². The van der Waals surface area contributed by atoms with E-state index >= 15 is 0 Å². The second-order valence-electron chi connectivity index (χ2n) is 10.4. The van der Waals surface area contributed by atoms with Gasteiger partial charge in [0, 0.05) is 19.5 Å². The highest BCUT2D eigenvalue weighted by molar-refractivity contribution is 7.92. The van der Waals surface area contributed by atoms with Gasteiger partial charge in [-0.05, 0) is 42.2 Å². The van der Waals surface area contributed by atoms with E-state index in [-0.39, 0.29) is 35.5 Å². The van der Waals surface area contributed by atoms with Gasteiger partial charge in [-0.15, -0.1) is 0 Å². The molecular formula is C31H38ClN3O5S. The summed E-state index contributed by atoms with van der Waals surface area (Å²) in [4.78, 5) is 29.3. The number of methoxy groups -OCH3 is 1. The van der Waals surface area contributed by atoms with Crippen molar-refractivity contribution in [3.8, 4) is 5.75 Å². The van der Waals surface area contributed by atoms with Crippen LogP contribution in [0.15, 0.2) is 72.8 Å². The molecule has 3 rings (SSSR count). The molecule has 0 unspecified atom stereocenters. The average molecular weight is 600 g/mol. The van der Waals surface area contributed by atoms with Crippen LogP contribution in [0.25, 0.3) is 0 Å². The summed E-state index contributed by atoms with van der Waals surface area (Å²) < 4.78 is 32.1. The third kappa shape index (κ3) is 9.23. The van der Waals surface area contributed by atoms with Gasteiger partial charge >= 0.3 is 0 Å². The van der Waals surface area contributed by atoms with Crippen LogP contribution in [-0.4, -0.2) is 57.6 Å². The zero-order chi connectivity index (χ0) is 30.2. The second kappa shape index (κ2) is 14.4. The predicted molar refractivity (Wildman–Crippen MR) is 164 cm³/mol. The van der Waals surface area contributed by atoms with Gasteiger partial charge in [0.15, 0.2) is 0 Å². The Balaban J connectivity index is 2.06. The number of aryl methyl sites for hydroxylation is 1. The lowest BCUT2D eigenvalue weighted by Gasteiger charge is -2.33. The van der Waals surface area contributed by atoms with Crippen LogP contribution < -0.4 is 14.4 Å². The number of nitrogens with zero attached hydrogens (tertiary/aromatic N) is 2. The molecule has 0 aromatic heterocycles. The molecule has 3 aromatic rings. The van der Waals surface area contributed by atoms with Crippen molar-refractivity contribution >= 4 is 39.1 Å². The minimum atomic E-state index is -3.90. The van der Waals surface area contributed by atoms with Gasteiger partial charge in [-0.1, -0.05) is 85.6 Å². The van der Waals surface area contributed by atoms with Crippen LogP contribution in [0, 0.1) is 12.8 Å². The first-order chi connectivity index (χ1) is 19.4. The molecule has 0 saturated carbocycles. The molecule has 10 heteroatoms.